The molecule has 2 aliphatic heterocycles. The average molecular weight is 583 g/mol. The van der Waals surface area contributed by atoms with Crippen LogP contribution in [0.5, 0.6) is 23.0 Å². The van der Waals surface area contributed by atoms with Crippen molar-refractivity contribution in [2.24, 2.45) is 0 Å². The predicted octanol–water partition coefficient (Wildman–Crippen LogP) is -1.60. The highest BCUT2D eigenvalue weighted by Crippen LogP contribution is 2.38. The van der Waals surface area contributed by atoms with Crippen LogP contribution in [0.4, 0.5) is 0 Å². The van der Waals surface area contributed by atoms with Gasteiger partial charge in [0.05, 0.1) is 25.2 Å². The van der Waals surface area contributed by atoms with Gasteiger partial charge in [0.1, 0.15) is 64.7 Å². The van der Waals surface area contributed by atoms with Crippen LogP contribution >= 0.6 is 0 Å². The fourth-order valence-electron chi connectivity index (χ4n) is 4.91. The molecule has 15 heteroatoms. The molecule has 0 radical (unpaired) electrons. The van der Waals surface area contributed by atoms with Crippen LogP contribution in [0.25, 0.3) is 21.9 Å². The third kappa shape index (κ3) is 5.16. The Labute approximate surface area is 230 Å². The van der Waals surface area contributed by atoms with Crippen molar-refractivity contribution in [3.8, 4) is 23.0 Å². The van der Waals surface area contributed by atoms with Crippen LogP contribution in [0.15, 0.2) is 33.5 Å². The molecule has 0 spiro atoms. The Morgan fingerprint density at radius 3 is 2.24 bits per heavy atom. The van der Waals surface area contributed by atoms with Gasteiger partial charge in [-0.1, -0.05) is 0 Å². The molecule has 15 nitrogen and oxygen atoms in total. The fraction of sp³-hybridized carbons (Fsp3) is 0.500. The summed E-state index contributed by atoms with van der Waals surface area (Å²) in [5, 5.41) is 81.4. The van der Waals surface area contributed by atoms with E-state index in [1.54, 1.807) is 0 Å². The molecule has 0 aliphatic carbocycles. The zero-order valence-corrected chi connectivity index (χ0v) is 21.7. The zero-order chi connectivity index (χ0) is 29.7. The molecule has 2 fully saturated rings. The molecule has 224 valence electrons. The lowest BCUT2D eigenvalue weighted by atomic mass is 9.97. The van der Waals surface area contributed by atoms with Gasteiger partial charge in [0.25, 0.3) is 0 Å². The lowest BCUT2D eigenvalue weighted by molar-refractivity contribution is -0.354. The minimum Gasteiger partial charge on any atom is -0.508 e. The van der Waals surface area contributed by atoms with Gasteiger partial charge in [0.2, 0.25) is 11.7 Å². The summed E-state index contributed by atoms with van der Waals surface area (Å²) < 4.78 is 33.8. The van der Waals surface area contributed by atoms with Crippen LogP contribution in [0.1, 0.15) is 6.92 Å². The summed E-state index contributed by atoms with van der Waals surface area (Å²) in [6, 6.07) is 4.64. The molecule has 0 saturated carbocycles. The van der Waals surface area contributed by atoms with Gasteiger partial charge >= 0.3 is 0 Å². The lowest BCUT2D eigenvalue weighted by Gasteiger charge is -2.45. The van der Waals surface area contributed by atoms with E-state index < -0.39 is 79.2 Å². The molecule has 2 saturated heterocycles. The van der Waals surface area contributed by atoms with E-state index in [0.29, 0.717) is 0 Å². The van der Waals surface area contributed by atoms with Crippen LogP contribution in [0.3, 0.4) is 0 Å². The molecule has 8 N–H and O–H groups in total. The molecule has 5 rings (SSSR count). The first-order chi connectivity index (χ1) is 19.4. The van der Waals surface area contributed by atoms with Gasteiger partial charge in [-0.3, -0.25) is 4.79 Å². The maximum Gasteiger partial charge on any atom is 0.229 e. The highest BCUT2D eigenvalue weighted by Gasteiger charge is 2.51. The van der Waals surface area contributed by atoms with Crippen molar-refractivity contribution in [2.75, 3.05) is 13.7 Å². The topological polar surface area (TPSA) is 238 Å². The standard InChI is InChI=1S/C26H30O15/c1-8-18(30)21(33)23(35)25(37-8)41-24-22(34)20(32)16(7-27)40-26(24)39-14-6-12-10(5-13(14)36-2)19(31)17-11(29)3-9(28)4-15(17)38-12/h3-6,8,16,18,20-30,32-35H,7H2,1-2H3/t8-,16-,18+,20-,21-,22-,23-,24-,25+,26-/m1/s1. The minimum absolute atomic E-state index is 0.0102. The number of benzene rings is 2. The van der Waals surface area contributed by atoms with Gasteiger partial charge in [-0.15, -0.1) is 0 Å². The quantitative estimate of drug-likeness (QED) is 0.153. The molecular weight excluding hydrogens is 552 g/mol. The Morgan fingerprint density at radius 1 is 0.829 bits per heavy atom. The molecule has 0 unspecified atom stereocenters. The first-order valence-corrected chi connectivity index (χ1v) is 12.6. The lowest BCUT2D eigenvalue weighted by Crippen LogP contribution is -2.64. The summed E-state index contributed by atoms with van der Waals surface area (Å²) in [5.74, 6) is -0.973. The zero-order valence-electron chi connectivity index (χ0n) is 21.7. The summed E-state index contributed by atoms with van der Waals surface area (Å²) in [7, 11) is 1.28. The van der Waals surface area contributed by atoms with Gasteiger partial charge in [-0.05, 0) is 13.0 Å². The molecule has 0 amide bonds. The third-order valence-electron chi connectivity index (χ3n) is 7.19. The van der Waals surface area contributed by atoms with E-state index in [2.05, 4.69) is 0 Å². The molecule has 10 atom stereocenters. The summed E-state index contributed by atoms with van der Waals surface area (Å²) in [5.41, 5.74) is -0.799. The summed E-state index contributed by atoms with van der Waals surface area (Å²) in [4.78, 5) is 13.1. The molecule has 1 aromatic heterocycles. The van der Waals surface area contributed by atoms with Gasteiger partial charge in [-0.2, -0.15) is 0 Å². The Morgan fingerprint density at radius 2 is 1.56 bits per heavy atom. The van der Waals surface area contributed by atoms with Gasteiger partial charge < -0.3 is 69.0 Å². The number of phenolic OH excluding ortho intramolecular Hbond substituents is 2. The van der Waals surface area contributed by atoms with E-state index in [9.17, 15) is 45.6 Å². The second-order valence-electron chi connectivity index (χ2n) is 9.88. The second kappa shape index (κ2) is 11.2. The maximum absolute atomic E-state index is 13.1. The smallest absolute Gasteiger partial charge is 0.229 e. The number of methoxy groups -OCH3 is 1. The first-order valence-electron chi connectivity index (χ1n) is 12.6. The SMILES string of the molecule is COc1cc2c(=O)c3c(O)cc(O)cc3oc2cc1O[C@@H]1O[C@H](CO)[C@@H](O)[C@@H](O)[C@H]1O[C@@H]1O[C@H](C)[C@H](O)[C@@H](O)[C@H]1O. The number of aliphatic hydroxyl groups excluding tert-OH is 6. The number of hydrogen-bond acceptors (Lipinski definition) is 15. The van der Waals surface area contributed by atoms with E-state index in [0.717, 1.165) is 12.1 Å². The maximum atomic E-state index is 13.1. The van der Waals surface area contributed by atoms with Gasteiger partial charge in [-0.25, -0.2) is 0 Å². The number of aliphatic hydroxyl groups is 6. The number of ether oxygens (including phenoxy) is 5. The molecule has 0 bridgehead atoms. The number of fused-ring (bicyclic) bond motifs is 2. The Kier molecular flexibility index (Phi) is 7.99. The van der Waals surface area contributed by atoms with Crippen molar-refractivity contribution in [3.05, 3.63) is 34.5 Å². The highest BCUT2D eigenvalue weighted by atomic mass is 16.8. The number of rotatable bonds is 6. The summed E-state index contributed by atoms with van der Waals surface area (Å²) >= 11 is 0. The Bertz CT molecular complexity index is 1470. The molecule has 3 aromatic rings. The molecule has 2 aromatic carbocycles. The predicted molar refractivity (Wildman–Crippen MR) is 135 cm³/mol. The monoisotopic (exact) mass is 582 g/mol. The van der Waals surface area contributed by atoms with E-state index in [1.807, 2.05) is 0 Å². The number of hydrogen-bond donors (Lipinski definition) is 8. The van der Waals surface area contributed by atoms with E-state index in [-0.39, 0.29) is 39.2 Å². The molecular formula is C26H30O15. The van der Waals surface area contributed by atoms with Crippen molar-refractivity contribution in [2.45, 2.75) is 68.3 Å². The van der Waals surface area contributed by atoms with E-state index in [1.165, 1.54) is 26.2 Å². The van der Waals surface area contributed by atoms with Crippen molar-refractivity contribution < 1.29 is 69.0 Å². The normalized spacial score (nSPS) is 34.1. The van der Waals surface area contributed by atoms with Crippen molar-refractivity contribution in [1.82, 2.24) is 0 Å². The van der Waals surface area contributed by atoms with E-state index in [4.69, 9.17) is 28.1 Å². The van der Waals surface area contributed by atoms with Crippen molar-refractivity contribution >= 4 is 21.9 Å². The first kappa shape index (κ1) is 29.2. The second-order valence-corrected chi connectivity index (χ2v) is 9.88. The Hall–Kier alpha value is -3.25. The van der Waals surface area contributed by atoms with E-state index >= 15 is 0 Å². The summed E-state index contributed by atoms with van der Waals surface area (Å²) in [6.07, 6.45) is -15.4. The van der Waals surface area contributed by atoms with Crippen LogP contribution in [-0.4, -0.2) is 116 Å². The fourth-order valence-corrected chi connectivity index (χ4v) is 4.91. The third-order valence-corrected chi connectivity index (χ3v) is 7.19. The van der Waals surface area contributed by atoms with Crippen molar-refractivity contribution in [1.29, 1.82) is 0 Å². The minimum atomic E-state index is -1.76. The van der Waals surface area contributed by atoms with Crippen LogP contribution in [0.2, 0.25) is 0 Å². The van der Waals surface area contributed by atoms with Gasteiger partial charge in [0.15, 0.2) is 23.9 Å². The number of phenols is 2. The van der Waals surface area contributed by atoms with Crippen LogP contribution < -0.4 is 14.9 Å². The summed E-state index contributed by atoms with van der Waals surface area (Å²) in [6.45, 7) is 0.698. The number of aromatic hydroxyl groups is 2. The van der Waals surface area contributed by atoms with Crippen molar-refractivity contribution in [3.63, 3.8) is 0 Å². The average Bonchev–Trinajstić information content (AvgIpc) is 2.93. The molecule has 41 heavy (non-hydrogen) atoms. The largest absolute Gasteiger partial charge is 0.508 e. The van der Waals surface area contributed by atoms with Crippen LogP contribution in [-0.2, 0) is 14.2 Å². The molecule has 3 heterocycles. The molecule has 2 aliphatic rings. The van der Waals surface area contributed by atoms with Gasteiger partial charge in [0, 0.05) is 18.2 Å². The highest BCUT2D eigenvalue weighted by molar-refractivity contribution is 5.94. The Balaban J connectivity index is 1.53. The van der Waals surface area contributed by atoms with Crippen LogP contribution in [0, 0.1) is 0 Å².